The average Bonchev–Trinajstić information content (AvgIpc) is 3.19. The highest BCUT2D eigenvalue weighted by Crippen LogP contribution is 2.23. The smallest absolute Gasteiger partial charge is 0.237 e. The van der Waals surface area contributed by atoms with Crippen LogP contribution < -0.4 is 5.32 Å². The Kier molecular flexibility index (Phi) is 4.42. The Bertz CT molecular complexity index is 811. The zero-order valence-electron chi connectivity index (χ0n) is 12.8. The summed E-state index contributed by atoms with van der Waals surface area (Å²) in [7, 11) is 0. The van der Waals surface area contributed by atoms with Gasteiger partial charge in [0.05, 0.1) is 11.4 Å². The van der Waals surface area contributed by atoms with Gasteiger partial charge in [0.25, 0.3) is 0 Å². The van der Waals surface area contributed by atoms with Crippen LogP contribution in [0.2, 0.25) is 0 Å². The number of hydrogen-bond acceptors (Lipinski definition) is 5. The van der Waals surface area contributed by atoms with E-state index in [4.69, 9.17) is 0 Å². The maximum Gasteiger partial charge on any atom is 0.237 e. The SMILES string of the molecule is Cc1ccc(C)c(-n2ccnc2SCC(=O)Nc2ncn[nH]2)c1. The van der Waals surface area contributed by atoms with Crippen LogP contribution in [0.25, 0.3) is 5.69 Å². The first kappa shape index (κ1) is 15.3. The van der Waals surface area contributed by atoms with E-state index in [1.807, 2.05) is 10.8 Å². The van der Waals surface area contributed by atoms with E-state index < -0.39 is 0 Å². The molecule has 118 valence electrons. The van der Waals surface area contributed by atoms with Gasteiger partial charge in [-0.05, 0) is 31.0 Å². The monoisotopic (exact) mass is 328 g/mol. The highest BCUT2D eigenvalue weighted by Gasteiger charge is 2.11. The van der Waals surface area contributed by atoms with Crippen LogP contribution in [0.5, 0.6) is 0 Å². The number of aryl methyl sites for hydroxylation is 2. The van der Waals surface area contributed by atoms with Gasteiger partial charge in [-0.15, -0.1) is 0 Å². The van der Waals surface area contributed by atoms with Crippen molar-refractivity contribution in [2.24, 2.45) is 0 Å². The van der Waals surface area contributed by atoms with Gasteiger partial charge in [-0.3, -0.25) is 14.7 Å². The van der Waals surface area contributed by atoms with Crippen LogP contribution in [0, 0.1) is 13.8 Å². The van der Waals surface area contributed by atoms with Crippen molar-refractivity contribution >= 4 is 23.6 Å². The van der Waals surface area contributed by atoms with E-state index in [0.717, 1.165) is 16.4 Å². The van der Waals surface area contributed by atoms with Crippen molar-refractivity contribution in [2.75, 3.05) is 11.1 Å². The number of rotatable bonds is 5. The summed E-state index contributed by atoms with van der Waals surface area (Å²) >= 11 is 1.37. The largest absolute Gasteiger partial charge is 0.295 e. The highest BCUT2D eigenvalue weighted by molar-refractivity contribution is 7.99. The number of hydrogen-bond donors (Lipinski definition) is 2. The maximum absolute atomic E-state index is 11.9. The number of H-pyrrole nitrogens is 1. The predicted octanol–water partition coefficient (Wildman–Crippen LogP) is 2.34. The number of nitrogens with zero attached hydrogens (tertiary/aromatic N) is 4. The number of benzene rings is 1. The van der Waals surface area contributed by atoms with Crippen molar-refractivity contribution < 1.29 is 4.79 Å². The molecule has 0 radical (unpaired) electrons. The van der Waals surface area contributed by atoms with Crippen molar-refractivity contribution in [2.45, 2.75) is 19.0 Å². The van der Waals surface area contributed by atoms with Crippen LogP contribution in [0.3, 0.4) is 0 Å². The number of aromatic nitrogens is 5. The second-order valence-corrected chi connectivity index (χ2v) is 5.98. The van der Waals surface area contributed by atoms with E-state index in [9.17, 15) is 4.79 Å². The standard InChI is InChI=1S/C15H16N6OS/c1-10-3-4-11(2)12(7-10)21-6-5-16-15(21)23-8-13(22)19-14-17-9-18-20-14/h3-7,9H,8H2,1-2H3,(H2,17,18,19,20,22). The molecular weight excluding hydrogens is 312 g/mol. The molecule has 7 nitrogen and oxygen atoms in total. The Morgan fingerprint density at radius 2 is 2.22 bits per heavy atom. The molecule has 0 spiro atoms. The van der Waals surface area contributed by atoms with Crippen molar-refractivity contribution in [3.63, 3.8) is 0 Å². The molecule has 23 heavy (non-hydrogen) atoms. The van der Waals surface area contributed by atoms with Gasteiger partial charge in [0.15, 0.2) is 5.16 Å². The van der Waals surface area contributed by atoms with E-state index in [1.54, 1.807) is 6.20 Å². The molecule has 0 aliphatic carbocycles. The molecule has 8 heteroatoms. The fourth-order valence-corrected chi connectivity index (χ4v) is 2.89. The lowest BCUT2D eigenvalue weighted by molar-refractivity contribution is -0.113. The maximum atomic E-state index is 11.9. The summed E-state index contributed by atoms with van der Waals surface area (Å²) < 4.78 is 1.99. The summed E-state index contributed by atoms with van der Waals surface area (Å²) in [5.41, 5.74) is 3.40. The third-order valence-electron chi connectivity index (χ3n) is 3.24. The molecule has 0 aliphatic heterocycles. The lowest BCUT2D eigenvalue weighted by Gasteiger charge is -2.11. The number of anilines is 1. The summed E-state index contributed by atoms with van der Waals surface area (Å²) in [5, 5.41) is 9.68. The highest BCUT2D eigenvalue weighted by atomic mass is 32.2. The van der Waals surface area contributed by atoms with Crippen LogP contribution in [0.1, 0.15) is 11.1 Å². The number of carbonyl (C=O) groups is 1. The van der Waals surface area contributed by atoms with Gasteiger partial charge in [0, 0.05) is 12.4 Å². The molecule has 0 saturated carbocycles. The first-order valence-corrected chi connectivity index (χ1v) is 8.01. The number of amides is 1. The fraction of sp³-hybridized carbons (Fsp3) is 0.200. The number of carbonyl (C=O) groups excluding carboxylic acids is 1. The van der Waals surface area contributed by atoms with Gasteiger partial charge in [-0.2, -0.15) is 10.1 Å². The Morgan fingerprint density at radius 1 is 1.35 bits per heavy atom. The van der Waals surface area contributed by atoms with Gasteiger partial charge in [0.1, 0.15) is 6.33 Å². The third-order valence-corrected chi connectivity index (χ3v) is 4.20. The van der Waals surface area contributed by atoms with Gasteiger partial charge in [-0.1, -0.05) is 23.9 Å². The van der Waals surface area contributed by atoms with Gasteiger partial charge >= 0.3 is 0 Å². The fourth-order valence-electron chi connectivity index (χ4n) is 2.12. The first-order valence-electron chi connectivity index (χ1n) is 7.02. The zero-order valence-corrected chi connectivity index (χ0v) is 13.6. The van der Waals surface area contributed by atoms with Crippen molar-refractivity contribution in [3.05, 3.63) is 48.0 Å². The number of aromatic amines is 1. The second kappa shape index (κ2) is 6.66. The lowest BCUT2D eigenvalue weighted by Crippen LogP contribution is -2.15. The normalized spacial score (nSPS) is 10.7. The lowest BCUT2D eigenvalue weighted by atomic mass is 10.1. The molecule has 3 rings (SSSR count). The van der Waals surface area contributed by atoms with Crippen molar-refractivity contribution in [1.29, 1.82) is 0 Å². The molecule has 3 aromatic rings. The summed E-state index contributed by atoms with van der Waals surface area (Å²) in [4.78, 5) is 20.1. The third kappa shape index (κ3) is 3.59. The van der Waals surface area contributed by atoms with Crippen molar-refractivity contribution in [3.8, 4) is 5.69 Å². The average molecular weight is 328 g/mol. The molecule has 2 N–H and O–H groups in total. The van der Waals surface area contributed by atoms with Gasteiger partial charge < -0.3 is 0 Å². The predicted molar refractivity (Wildman–Crippen MR) is 88.8 cm³/mol. The van der Waals surface area contributed by atoms with Crippen LogP contribution in [-0.2, 0) is 4.79 Å². The molecule has 1 aromatic carbocycles. The molecule has 2 aromatic heterocycles. The van der Waals surface area contributed by atoms with E-state index >= 15 is 0 Å². The molecule has 0 unspecified atom stereocenters. The Balaban J connectivity index is 1.71. The molecule has 0 aliphatic rings. The van der Waals surface area contributed by atoms with Crippen LogP contribution >= 0.6 is 11.8 Å². The van der Waals surface area contributed by atoms with Crippen LogP contribution in [-0.4, -0.2) is 36.4 Å². The Morgan fingerprint density at radius 3 is 3.00 bits per heavy atom. The molecule has 0 fully saturated rings. The minimum atomic E-state index is -0.165. The van der Waals surface area contributed by atoms with Gasteiger partial charge in [-0.25, -0.2) is 10.1 Å². The van der Waals surface area contributed by atoms with Crippen LogP contribution in [0.15, 0.2) is 42.1 Å². The summed E-state index contributed by atoms with van der Waals surface area (Å²) in [5.74, 6) is 0.415. The van der Waals surface area contributed by atoms with Crippen LogP contribution in [0.4, 0.5) is 5.95 Å². The first-order chi connectivity index (χ1) is 11.1. The summed E-state index contributed by atoms with van der Waals surface area (Å²) in [6.07, 6.45) is 4.98. The molecule has 0 bridgehead atoms. The molecule has 1 amide bonds. The molecular formula is C15H16N6OS. The summed E-state index contributed by atoms with van der Waals surface area (Å²) in [6.45, 7) is 4.11. The van der Waals surface area contributed by atoms with E-state index in [-0.39, 0.29) is 11.7 Å². The molecule has 0 atom stereocenters. The minimum Gasteiger partial charge on any atom is -0.295 e. The molecule has 0 saturated heterocycles. The quantitative estimate of drug-likeness (QED) is 0.702. The Labute approximate surface area is 137 Å². The topological polar surface area (TPSA) is 88.5 Å². The van der Waals surface area contributed by atoms with Crippen molar-refractivity contribution in [1.82, 2.24) is 24.7 Å². The zero-order chi connectivity index (χ0) is 16.2. The minimum absolute atomic E-state index is 0.165. The number of thioether (sulfide) groups is 1. The van der Waals surface area contributed by atoms with Gasteiger partial charge in [0.2, 0.25) is 11.9 Å². The van der Waals surface area contributed by atoms with E-state index in [1.165, 1.54) is 23.7 Å². The molecule has 2 heterocycles. The number of nitrogens with one attached hydrogen (secondary N) is 2. The second-order valence-electron chi connectivity index (χ2n) is 5.04. The van der Waals surface area contributed by atoms with E-state index in [0.29, 0.717) is 5.95 Å². The summed E-state index contributed by atoms with van der Waals surface area (Å²) in [6, 6.07) is 6.26. The Hall–Kier alpha value is -2.61. The van der Waals surface area contributed by atoms with E-state index in [2.05, 4.69) is 57.5 Å². The number of imidazole rings is 1.